The van der Waals surface area contributed by atoms with Crippen molar-refractivity contribution >= 4 is 0 Å². The van der Waals surface area contributed by atoms with Gasteiger partial charge in [-0.05, 0) is 62.7 Å². The second kappa shape index (κ2) is 6.34. The SMILES string of the molecule is CC(C)Oc1ccc(-c2ccc(CCN)cn2)cc1. The molecule has 3 heteroatoms. The summed E-state index contributed by atoms with van der Waals surface area (Å²) in [5.74, 6) is 0.888. The largest absolute Gasteiger partial charge is 0.491 e. The van der Waals surface area contributed by atoms with Crippen molar-refractivity contribution < 1.29 is 4.74 Å². The molecular weight excluding hydrogens is 236 g/mol. The molecule has 0 aliphatic heterocycles. The van der Waals surface area contributed by atoms with E-state index in [-0.39, 0.29) is 6.10 Å². The van der Waals surface area contributed by atoms with Crippen LogP contribution in [0.1, 0.15) is 19.4 Å². The minimum atomic E-state index is 0.194. The molecule has 2 rings (SSSR count). The van der Waals surface area contributed by atoms with Gasteiger partial charge in [-0.3, -0.25) is 4.98 Å². The lowest BCUT2D eigenvalue weighted by molar-refractivity contribution is 0.242. The maximum absolute atomic E-state index is 5.62. The van der Waals surface area contributed by atoms with Crippen LogP contribution in [0.5, 0.6) is 5.75 Å². The highest BCUT2D eigenvalue weighted by Crippen LogP contribution is 2.21. The summed E-state index contributed by atoms with van der Waals surface area (Å²) in [6, 6.07) is 12.1. The van der Waals surface area contributed by atoms with E-state index < -0.39 is 0 Å². The van der Waals surface area contributed by atoms with Crippen molar-refractivity contribution in [2.75, 3.05) is 6.54 Å². The molecule has 0 saturated carbocycles. The van der Waals surface area contributed by atoms with Crippen LogP contribution in [0, 0.1) is 0 Å². The van der Waals surface area contributed by atoms with Gasteiger partial charge in [0.1, 0.15) is 5.75 Å². The number of nitrogens with two attached hydrogens (primary N) is 1. The van der Waals surface area contributed by atoms with E-state index in [4.69, 9.17) is 10.5 Å². The Bertz CT molecular complexity index is 503. The van der Waals surface area contributed by atoms with E-state index in [2.05, 4.69) is 11.1 Å². The van der Waals surface area contributed by atoms with Gasteiger partial charge in [-0.1, -0.05) is 6.07 Å². The zero-order chi connectivity index (χ0) is 13.7. The molecule has 1 heterocycles. The number of benzene rings is 1. The highest BCUT2D eigenvalue weighted by Gasteiger charge is 2.02. The Labute approximate surface area is 114 Å². The van der Waals surface area contributed by atoms with Crippen LogP contribution in [0.2, 0.25) is 0 Å². The first-order chi connectivity index (χ1) is 9.19. The fourth-order valence-corrected chi connectivity index (χ4v) is 1.89. The maximum Gasteiger partial charge on any atom is 0.119 e. The maximum atomic E-state index is 5.62. The summed E-state index contributed by atoms with van der Waals surface area (Å²) in [6.45, 7) is 4.69. The van der Waals surface area contributed by atoms with Gasteiger partial charge in [-0.25, -0.2) is 0 Å². The van der Waals surface area contributed by atoms with Gasteiger partial charge in [0.15, 0.2) is 0 Å². The van der Waals surface area contributed by atoms with Crippen LogP contribution in [0.15, 0.2) is 42.6 Å². The minimum absolute atomic E-state index is 0.194. The van der Waals surface area contributed by atoms with E-state index in [1.54, 1.807) is 0 Å². The van der Waals surface area contributed by atoms with Gasteiger partial charge in [0.05, 0.1) is 11.8 Å². The number of hydrogen-bond acceptors (Lipinski definition) is 3. The molecule has 0 aliphatic carbocycles. The summed E-state index contributed by atoms with van der Waals surface area (Å²) >= 11 is 0. The Morgan fingerprint density at radius 3 is 2.37 bits per heavy atom. The first-order valence-corrected chi connectivity index (χ1v) is 6.61. The molecule has 3 nitrogen and oxygen atoms in total. The highest BCUT2D eigenvalue weighted by molar-refractivity contribution is 5.60. The summed E-state index contributed by atoms with van der Waals surface area (Å²) in [5, 5.41) is 0. The van der Waals surface area contributed by atoms with Gasteiger partial charge >= 0.3 is 0 Å². The average molecular weight is 256 g/mol. The Morgan fingerprint density at radius 2 is 1.84 bits per heavy atom. The topological polar surface area (TPSA) is 48.1 Å². The normalized spacial score (nSPS) is 10.7. The number of aromatic nitrogens is 1. The van der Waals surface area contributed by atoms with Gasteiger partial charge in [-0.2, -0.15) is 0 Å². The average Bonchev–Trinajstić information content (AvgIpc) is 2.40. The van der Waals surface area contributed by atoms with Crippen molar-refractivity contribution in [1.82, 2.24) is 4.98 Å². The number of rotatable bonds is 5. The molecule has 2 N–H and O–H groups in total. The van der Waals surface area contributed by atoms with Gasteiger partial charge in [0.2, 0.25) is 0 Å². The molecule has 2 aromatic rings. The summed E-state index contributed by atoms with van der Waals surface area (Å²) in [4.78, 5) is 4.46. The predicted octanol–water partition coefficient (Wildman–Crippen LogP) is 3.04. The summed E-state index contributed by atoms with van der Waals surface area (Å²) in [6.07, 6.45) is 2.95. The Kier molecular flexibility index (Phi) is 4.53. The standard InChI is InChI=1S/C16H20N2O/c1-12(2)19-15-6-4-14(5-7-15)16-8-3-13(9-10-17)11-18-16/h3-8,11-12H,9-10,17H2,1-2H3. The monoisotopic (exact) mass is 256 g/mol. The summed E-state index contributed by atoms with van der Waals surface area (Å²) in [5.41, 5.74) is 8.76. The smallest absolute Gasteiger partial charge is 0.119 e. The fourth-order valence-electron chi connectivity index (χ4n) is 1.89. The first kappa shape index (κ1) is 13.6. The number of pyridine rings is 1. The van der Waals surface area contributed by atoms with E-state index in [1.807, 2.05) is 50.4 Å². The lowest BCUT2D eigenvalue weighted by Crippen LogP contribution is -2.05. The molecule has 0 bridgehead atoms. The van der Waals surface area contributed by atoms with Crippen LogP contribution in [0.25, 0.3) is 11.3 Å². The van der Waals surface area contributed by atoms with Crippen LogP contribution < -0.4 is 10.5 Å². The molecule has 0 radical (unpaired) electrons. The quantitative estimate of drug-likeness (QED) is 0.894. The second-order valence-corrected chi connectivity index (χ2v) is 4.78. The third kappa shape index (κ3) is 3.80. The molecule has 1 aromatic heterocycles. The van der Waals surface area contributed by atoms with Crippen LogP contribution in [0.4, 0.5) is 0 Å². The van der Waals surface area contributed by atoms with Crippen molar-refractivity contribution in [1.29, 1.82) is 0 Å². The third-order valence-corrected chi connectivity index (χ3v) is 2.78. The van der Waals surface area contributed by atoms with E-state index in [1.165, 1.54) is 5.56 Å². The predicted molar refractivity (Wildman–Crippen MR) is 78.2 cm³/mol. The van der Waals surface area contributed by atoms with Crippen LogP contribution in [-0.2, 0) is 6.42 Å². The molecule has 0 aliphatic rings. The van der Waals surface area contributed by atoms with Crippen molar-refractivity contribution in [2.24, 2.45) is 5.73 Å². The molecule has 0 saturated heterocycles. The third-order valence-electron chi connectivity index (χ3n) is 2.78. The molecule has 0 fully saturated rings. The molecule has 19 heavy (non-hydrogen) atoms. The van der Waals surface area contributed by atoms with Gasteiger partial charge in [-0.15, -0.1) is 0 Å². The van der Waals surface area contributed by atoms with Crippen LogP contribution in [0.3, 0.4) is 0 Å². The van der Waals surface area contributed by atoms with Crippen molar-refractivity contribution in [3.05, 3.63) is 48.2 Å². The van der Waals surface area contributed by atoms with Gasteiger partial charge < -0.3 is 10.5 Å². The molecular formula is C16H20N2O. The first-order valence-electron chi connectivity index (χ1n) is 6.61. The number of ether oxygens (including phenoxy) is 1. The van der Waals surface area contributed by atoms with Crippen LogP contribution >= 0.6 is 0 Å². The highest BCUT2D eigenvalue weighted by atomic mass is 16.5. The molecule has 0 spiro atoms. The molecule has 1 aromatic carbocycles. The van der Waals surface area contributed by atoms with E-state index in [0.717, 1.165) is 23.4 Å². The van der Waals surface area contributed by atoms with Crippen molar-refractivity contribution in [3.8, 4) is 17.0 Å². The Morgan fingerprint density at radius 1 is 1.11 bits per heavy atom. The summed E-state index contributed by atoms with van der Waals surface area (Å²) < 4.78 is 5.62. The van der Waals surface area contributed by atoms with Crippen LogP contribution in [-0.4, -0.2) is 17.6 Å². The molecule has 0 amide bonds. The van der Waals surface area contributed by atoms with Crippen molar-refractivity contribution in [3.63, 3.8) is 0 Å². The fraction of sp³-hybridized carbons (Fsp3) is 0.312. The molecule has 0 atom stereocenters. The molecule has 100 valence electrons. The van der Waals surface area contributed by atoms with E-state index >= 15 is 0 Å². The van der Waals surface area contributed by atoms with Crippen molar-refractivity contribution in [2.45, 2.75) is 26.4 Å². The zero-order valence-electron chi connectivity index (χ0n) is 11.5. The Hall–Kier alpha value is -1.87. The lowest BCUT2D eigenvalue weighted by Gasteiger charge is -2.10. The van der Waals surface area contributed by atoms with Gasteiger partial charge in [0, 0.05) is 11.8 Å². The number of nitrogens with zero attached hydrogens (tertiary/aromatic N) is 1. The Balaban J connectivity index is 2.13. The second-order valence-electron chi connectivity index (χ2n) is 4.78. The van der Waals surface area contributed by atoms with E-state index in [9.17, 15) is 0 Å². The molecule has 0 unspecified atom stereocenters. The van der Waals surface area contributed by atoms with E-state index in [0.29, 0.717) is 6.54 Å². The van der Waals surface area contributed by atoms with Gasteiger partial charge in [0.25, 0.3) is 0 Å². The zero-order valence-corrected chi connectivity index (χ0v) is 11.5. The summed E-state index contributed by atoms with van der Waals surface area (Å²) in [7, 11) is 0. The lowest BCUT2D eigenvalue weighted by atomic mass is 10.1. The number of hydrogen-bond donors (Lipinski definition) is 1. The minimum Gasteiger partial charge on any atom is -0.491 e.